The van der Waals surface area contributed by atoms with E-state index in [9.17, 15) is 18.0 Å². The highest BCUT2D eigenvalue weighted by Gasteiger charge is 2.32. The quantitative estimate of drug-likeness (QED) is 0.282. The number of nitrogens with one attached hydrogen (secondary N) is 1. The first-order chi connectivity index (χ1) is 20.4. The summed E-state index contributed by atoms with van der Waals surface area (Å²) in [6.07, 6.45) is 2.90. The summed E-state index contributed by atoms with van der Waals surface area (Å²) in [4.78, 5) is 29.0. The van der Waals surface area contributed by atoms with Crippen molar-refractivity contribution in [1.29, 1.82) is 0 Å². The fourth-order valence-corrected chi connectivity index (χ4v) is 6.17. The molecule has 1 fully saturated rings. The molecule has 3 aromatic carbocycles. The first kappa shape index (κ1) is 31.2. The smallest absolute Gasteiger partial charge is 0.261 e. The van der Waals surface area contributed by atoms with Gasteiger partial charge in [-0.05, 0) is 41.8 Å². The van der Waals surface area contributed by atoms with Crippen molar-refractivity contribution in [3.8, 4) is 5.75 Å². The first-order valence-corrected chi connectivity index (χ1v) is 15.8. The van der Waals surface area contributed by atoms with Gasteiger partial charge in [-0.3, -0.25) is 9.59 Å². The minimum atomic E-state index is -3.64. The van der Waals surface area contributed by atoms with Gasteiger partial charge in [-0.1, -0.05) is 80.4 Å². The molecule has 1 aliphatic rings. The van der Waals surface area contributed by atoms with Gasteiger partial charge in [-0.25, -0.2) is 8.42 Å². The Balaban J connectivity index is 1.52. The van der Waals surface area contributed by atoms with Crippen molar-refractivity contribution in [2.75, 3.05) is 39.5 Å². The number of nitrogens with zero attached hydrogens (tertiary/aromatic N) is 2. The highest BCUT2D eigenvalue weighted by Crippen LogP contribution is 2.25. The Labute approximate surface area is 248 Å². The van der Waals surface area contributed by atoms with Gasteiger partial charge in [0.25, 0.3) is 5.91 Å². The molecule has 1 atom stereocenters. The zero-order chi connectivity index (χ0) is 29.8. The molecule has 0 aromatic heterocycles. The molecule has 0 radical (unpaired) electrons. The minimum Gasteiger partial charge on any atom is -0.484 e. The zero-order valence-electron chi connectivity index (χ0n) is 24.0. The van der Waals surface area contributed by atoms with Crippen LogP contribution in [0.1, 0.15) is 43.4 Å². The third-order valence-electron chi connectivity index (χ3n) is 7.06. The van der Waals surface area contributed by atoms with Crippen molar-refractivity contribution in [2.24, 2.45) is 0 Å². The molecule has 0 spiro atoms. The Morgan fingerprint density at radius 1 is 0.929 bits per heavy atom. The van der Waals surface area contributed by atoms with Crippen LogP contribution in [-0.4, -0.2) is 68.9 Å². The second-order valence-corrected chi connectivity index (χ2v) is 12.0. The predicted octanol–water partition coefficient (Wildman–Crippen LogP) is 4.16. The van der Waals surface area contributed by atoms with Gasteiger partial charge in [-0.2, -0.15) is 4.31 Å². The standard InChI is InChI=1S/C32H39N3O6S/c1-2-3-10-19-33-32(37)31(27-13-8-5-9-14-27)35(24-26-11-6-4-7-12-26)30(36)25-41-28-15-17-29(18-16-28)42(38,39)34-20-22-40-23-21-34/h4-9,11-18,31H,2-3,10,19-25H2,1H3,(H,33,37)/t31-/m1/s1. The molecule has 1 heterocycles. The van der Waals surface area contributed by atoms with Gasteiger partial charge in [0.1, 0.15) is 11.8 Å². The maximum absolute atomic E-state index is 13.8. The highest BCUT2D eigenvalue weighted by atomic mass is 32.2. The number of sulfonamides is 1. The Morgan fingerprint density at radius 2 is 1.57 bits per heavy atom. The molecule has 0 saturated carbocycles. The molecule has 1 aliphatic heterocycles. The van der Waals surface area contributed by atoms with Crippen molar-refractivity contribution < 1.29 is 27.5 Å². The van der Waals surface area contributed by atoms with E-state index in [2.05, 4.69) is 12.2 Å². The van der Waals surface area contributed by atoms with Crippen LogP contribution < -0.4 is 10.1 Å². The molecule has 3 aromatic rings. The molecule has 42 heavy (non-hydrogen) atoms. The number of hydrogen-bond donors (Lipinski definition) is 1. The van der Waals surface area contributed by atoms with Crippen LogP contribution in [-0.2, 0) is 30.9 Å². The molecule has 4 rings (SSSR count). The summed E-state index contributed by atoms with van der Waals surface area (Å²) in [5.41, 5.74) is 1.58. The fraction of sp³-hybridized carbons (Fsp3) is 0.375. The average molecular weight is 594 g/mol. The SMILES string of the molecule is CCCCCNC(=O)[C@@H](c1ccccc1)N(Cc1ccccc1)C(=O)COc1ccc(S(=O)(=O)N2CCOCC2)cc1. The summed E-state index contributed by atoms with van der Waals surface area (Å²) < 4.78 is 38.4. The molecule has 1 N–H and O–H groups in total. The summed E-state index contributed by atoms with van der Waals surface area (Å²) in [6, 6.07) is 23.9. The van der Waals surface area contributed by atoms with Gasteiger partial charge < -0.3 is 19.7 Å². The summed E-state index contributed by atoms with van der Waals surface area (Å²) in [6.45, 7) is 3.86. The van der Waals surface area contributed by atoms with Gasteiger partial charge in [0.2, 0.25) is 15.9 Å². The molecule has 10 heteroatoms. The molecule has 0 bridgehead atoms. The molecule has 2 amide bonds. The lowest BCUT2D eigenvalue weighted by Crippen LogP contribution is -2.45. The Kier molecular flexibility index (Phi) is 11.5. The van der Waals surface area contributed by atoms with Crippen LogP contribution in [0.15, 0.2) is 89.8 Å². The van der Waals surface area contributed by atoms with Crippen LogP contribution >= 0.6 is 0 Å². The van der Waals surface area contributed by atoms with Crippen molar-refractivity contribution >= 4 is 21.8 Å². The number of amides is 2. The maximum Gasteiger partial charge on any atom is 0.261 e. The van der Waals surface area contributed by atoms with Gasteiger partial charge in [0.15, 0.2) is 6.61 Å². The van der Waals surface area contributed by atoms with Gasteiger partial charge in [-0.15, -0.1) is 0 Å². The number of carbonyl (C=O) groups excluding carboxylic acids is 2. The molecule has 9 nitrogen and oxygen atoms in total. The number of hydrogen-bond acceptors (Lipinski definition) is 6. The monoisotopic (exact) mass is 593 g/mol. The van der Waals surface area contributed by atoms with E-state index < -0.39 is 16.1 Å². The average Bonchev–Trinajstić information content (AvgIpc) is 3.03. The molecular formula is C32H39N3O6S. The lowest BCUT2D eigenvalue weighted by atomic mass is 10.0. The Hall–Kier alpha value is -3.73. The Bertz CT molecular complexity index is 1380. The molecule has 1 saturated heterocycles. The van der Waals surface area contributed by atoms with Gasteiger partial charge in [0.05, 0.1) is 18.1 Å². The largest absolute Gasteiger partial charge is 0.484 e. The topological polar surface area (TPSA) is 105 Å². The van der Waals surface area contributed by atoms with Crippen LogP contribution in [0.5, 0.6) is 5.75 Å². The van der Waals surface area contributed by atoms with Crippen molar-refractivity contribution in [3.63, 3.8) is 0 Å². The van der Waals surface area contributed by atoms with Gasteiger partial charge >= 0.3 is 0 Å². The number of benzene rings is 3. The second kappa shape index (κ2) is 15.5. The third-order valence-corrected chi connectivity index (χ3v) is 8.98. The molecule has 224 valence electrons. The van der Waals surface area contributed by atoms with Crippen LogP contribution in [0.4, 0.5) is 0 Å². The summed E-state index contributed by atoms with van der Waals surface area (Å²) in [5.74, 6) is -0.273. The number of rotatable bonds is 14. The van der Waals surface area contributed by atoms with E-state index in [1.165, 1.54) is 33.5 Å². The zero-order valence-corrected chi connectivity index (χ0v) is 24.8. The summed E-state index contributed by atoms with van der Waals surface area (Å²) in [5, 5.41) is 3.02. The normalized spacial score (nSPS) is 14.6. The predicted molar refractivity (Wildman–Crippen MR) is 160 cm³/mol. The second-order valence-electron chi connectivity index (χ2n) is 10.1. The summed E-state index contributed by atoms with van der Waals surface area (Å²) in [7, 11) is -3.64. The van der Waals surface area contributed by atoms with E-state index in [0.29, 0.717) is 44.2 Å². The summed E-state index contributed by atoms with van der Waals surface area (Å²) >= 11 is 0. The number of unbranched alkanes of at least 4 members (excludes halogenated alkanes) is 2. The first-order valence-electron chi connectivity index (χ1n) is 14.4. The van der Waals surface area contributed by atoms with E-state index in [1.807, 2.05) is 60.7 Å². The number of morpholine rings is 1. The van der Waals surface area contributed by atoms with E-state index >= 15 is 0 Å². The van der Waals surface area contributed by atoms with Crippen LogP contribution in [0.3, 0.4) is 0 Å². The van der Waals surface area contributed by atoms with Gasteiger partial charge in [0, 0.05) is 26.2 Å². The molecule has 0 unspecified atom stereocenters. The molecular weight excluding hydrogens is 554 g/mol. The Morgan fingerprint density at radius 3 is 2.21 bits per heavy atom. The van der Waals surface area contributed by atoms with E-state index in [4.69, 9.17) is 9.47 Å². The third kappa shape index (κ3) is 8.40. The highest BCUT2D eigenvalue weighted by molar-refractivity contribution is 7.89. The van der Waals surface area contributed by atoms with E-state index in [-0.39, 0.29) is 29.9 Å². The maximum atomic E-state index is 13.8. The van der Waals surface area contributed by atoms with Crippen LogP contribution in [0, 0.1) is 0 Å². The lowest BCUT2D eigenvalue weighted by molar-refractivity contribution is -0.143. The van der Waals surface area contributed by atoms with Crippen molar-refractivity contribution in [3.05, 3.63) is 96.1 Å². The number of ether oxygens (including phenoxy) is 2. The fourth-order valence-electron chi connectivity index (χ4n) is 4.77. The van der Waals surface area contributed by atoms with E-state index in [1.54, 1.807) is 0 Å². The molecule has 0 aliphatic carbocycles. The lowest BCUT2D eigenvalue weighted by Gasteiger charge is -2.31. The minimum absolute atomic E-state index is 0.151. The van der Waals surface area contributed by atoms with Crippen molar-refractivity contribution in [1.82, 2.24) is 14.5 Å². The van der Waals surface area contributed by atoms with Crippen LogP contribution in [0.25, 0.3) is 0 Å². The van der Waals surface area contributed by atoms with Crippen LogP contribution in [0.2, 0.25) is 0 Å². The van der Waals surface area contributed by atoms with Crippen molar-refractivity contribution in [2.45, 2.75) is 43.7 Å². The number of carbonyl (C=O) groups is 2. The van der Waals surface area contributed by atoms with E-state index in [0.717, 1.165) is 24.8 Å².